The Morgan fingerprint density at radius 1 is 1.30 bits per heavy atom. The number of carbonyl (C=O) groups is 1. The highest BCUT2D eigenvalue weighted by atomic mass is 19.1. The molecule has 1 aliphatic heterocycles. The molecule has 0 radical (unpaired) electrons. The second kappa shape index (κ2) is 5.48. The SMILES string of the molecule is O=C(NC1CCc2nccn2C1)C1(c2ccc(F)cc2)CCC1. The molecule has 1 unspecified atom stereocenters. The molecule has 1 atom stereocenters. The van der Waals surface area contributed by atoms with Crippen LogP contribution in [-0.2, 0) is 23.2 Å². The summed E-state index contributed by atoms with van der Waals surface area (Å²) in [6.45, 7) is 0.778. The monoisotopic (exact) mass is 313 g/mol. The fourth-order valence-electron chi connectivity index (χ4n) is 3.75. The molecule has 1 N–H and O–H groups in total. The third-order valence-electron chi connectivity index (χ3n) is 5.31. The number of aryl methyl sites for hydroxylation is 1. The van der Waals surface area contributed by atoms with E-state index in [0.717, 1.165) is 50.0 Å². The Morgan fingerprint density at radius 2 is 2.09 bits per heavy atom. The number of fused-ring (bicyclic) bond motifs is 1. The lowest BCUT2D eigenvalue weighted by atomic mass is 9.63. The van der Waals surface area contributed by atoms with E-state index in [0.29, 0.717) is 0 Å². The van der Waals surface area contributed by atoms with Crippen LogP contribution in [0.5, 0.6) is 0 Å². The van der Waals surface area contributed by atoms with Crippen molar-refractivity contribution in [3.05, 3.63) is 53.9 Å². The van der Waals surface area contributed by atoms with E-state index in [1.54, 1.807) is 12.1 Å². The number of imidazole rings is 1. The summed E-state index contributed by atoms with van der Waals surface area (Å²) in [5.41, 5.74) is 0.463. The molecule has 1 saturated carbocycles. The topological polar surface area (TPSA) is 46.9 Å². The summed E-state index contributed by atoms with van der Waals surface area (Å²) < 4.78 is 15.3. The van der Waals surface area contributed by atoms with Crippen LogP contribution in [0.4, 0.5) is 4.39 Å². The first-order valence-corrected chi connectivity index (χ1v) is 8.24. The Labute approximate surface area is 134 Å². The molecule has 2 aromatic rings. The number of benzene rings is 1. The molecule has 2 aliphatic rings. The standard InChI is InChI=1S/C18H20FN3O/c19-14-4-2-13(3-5-14)18(8-1-9-18)17(23)21-15-6-7-16-20-10-11-22(16)12-15/h2-5,10-11,15H,1,6-9,12H2,(H,21,23). The highest BCUT2D eigenvalue weighted by Crippen LogP contribution is 2.44. The largest absolute Gasteiger partial charge is 0.351 e. The number of rotatable bonds is 3. The van der Waals surface area contributed by atoms with Crippen molar-refractivity contribution >= 4 is 5.91 Å². The Balaban J connectivity index is 1.50. The van der Waals surface area contributed by atoms with Gasteiger partial charge in [0.2, 0.25) is 5.91 Å². The number of carbonyl (C=O) groups excluding carboxylic acids is 1. The summed E-state index contributed by atoms with van der Waals surface area (Å²) in [6, 6.07) is 6.54. The van der Waals surface area contributed by atoms with E-state index in [1.807, 2.05) is 12.4 Å². The molecule has 23 heavy (non-hydrogen) atoms. The van der Waals surface area contributed by atoms with Gasteiger partial charge in [0.15, 0.2) is 0 Å². The highest BCUT2D eigenvalue weighted by Gasteiger charge is 2.46. The summed E-state index contributed by atoms with van der Waals surface area (Å²) in [4.78, 5) is 17.2. The highest BCUT2D eigenvalue weighted by molar-refractivity contribution is 5.89. The van der Waals surface area contributed by atoms with Gasteiger partial charge in [-0.05, 0) is 37.0 Å². The van der Waals surface area contributed by atoms with E-state index in [2.05, 4.69) is 14.9 Å². The van der Waals surface area contributed by atoms with Crippen LogP contribution in [0.3, 0.4) is 0 Å². The zero-order valence-corrected chi connectivity index (χ0v) is 13.0. The summed E-state index contributed by atoms with van der Waals surface area (Å²) in [5, 5.41) is 3.22. The van der Waals surface area contributed by atoms with E-state index < -0.39 is 5.41 Å². The first-order valence-electron chi connectivity index (χ1n) is 8.24. The van der Waals surface area contributed by atoms with Gasteiger partial charge < -0.3 is 9.88 Å². The molecule has 2 heterocycles. The fraction of sp³-hybridized carbons (Fsp3) is 0.444. The Kier molecular flexibility index (Phi) is 3.43. The van der Waals surface area contributed by atoms with Crippen LogP contribution in [0, 0.1) is 5.82 Å². The quantitative estimate of drug-likeness (QED) is 0.947. The van der Waals surface area contributed by atoms with E-state index in [9.17, 15) is 9.18 Å². The van der Waals surface area contributed by atoms with Crippen molar-refractivity contribution < 1.29 is 9.18 Å². The molecule has 0 bridgehead atoms. The minimum atomic E-state index is -0.469. The molecular formula is C18H20FN3O. The molecule has 1 aromatic heterocycles. The summed E-state index contributed by atoms with van der Waals surface area (Å²) in [7, 11) is 0. The van der Waals surface area contributed by atoms with Crippen LogP contribution < -0.4 is 5.32 Å². The summed E-state index contributed by atoms with van der Waals surface area (Å²) >= 11 is 0. The Morgan fingerprint density at radius 3 is 2.78 bits per heavy atom. The van der Waals surface area contributed by atoms with Gasteiger partial charge in [0, 0.05) is 31.4 Å². The van der Waals surface area contributed by atoms with Crippen molar-refractivity contribution in [1.82, 2.24) is 14.9 Å². The van der Waals surface area contributed by atoms with Gasteiger partial charge in [0.05, 0.1) is 5.41 Å². The summed E-state index contributed by atoms with van der Waals surface area (Å²) in [5.74, 6) is 0.917. The predicted octanol–water partition coefficient (Wildman–Crippen LogP) is 2.58. The van der Waals surface area contributed by atoms with Crippen LogP contribution in [0.1, 0.15) is 37.1 Å². The molecule has 4 nitrogen and oxygen atoms in total. The molecule has 120 valence electrons. The van der Waals surface area contributed by atoms with Crippen molar-refractivity contribution in [3.8, 4) is 0 Å². The third-order valence-corrected chi connectivity index (χ3v) is 5.31. The van der Waals surface area contributed by atoms with E-state index in [1.165, 1.54) is 12.1 Å². The second-order valence-corrected chi connectivity index (χ2v) is 6.65. The van der Waals surface area contributed by atoms with E-state index >= 15 is 0 Å². The Hall–Kier alpha value is -2.17. The van der Waals surface area contributed by atoms with Crippen LogP contribution in [0.2, 0.25) is 0 Å². The lowest BCUT2D eigenvalue weighted by molar-refractivity contribution is -0.130. The number of hydrogen-bond acceptors (Lipinski definition) is 2. The lowest BCUT2D eigenvalue weighted by Gasteiger charge is -2.42. The lowest BCUT2D eigenvalue weighted by Crippen LogP contribution is -2.53. The zero-order chi connectivity index (χ0) is 15.9. The normalized spacial score (nSPS) is 22.0. The van der Waals surface area contributed by atoms with Crippen LogP contribution in [-0.4, -0.2) is 21.5 Å². The maximum atomic E-state index is 13.2. The minimum absolute atomic E-state index is 0.0870. The minimum Gasteiger partial charge on any atom is -0.351 e. The maximum absolute atomic E-state index is 13.2. The molecule has 4 rings (SSSR count). The van der Waals surface area contributed by atoms with Gasteiger partial charge in [-0.25, -0.2) is 9.37 Å². The molecule has 1 fully saturated rings. The average Bonchev–Trinajstić information content (AvgIpc) is 2.95. The first-order chi connectivity index (χ1) is 11.2. The molecule has 1 amide bonds. The number of hydrogen-bond donors (Lipinski definition) is 1. The number of nitrogens with one attached hydrogen (secondary N) is 1. The van der Waals surface area contributed by atoms with Crippen molar-refractivity contribution in [3.63, 3.8) is 0 Å². The van der Waals surface area contributed by atoms with E-state index in [-0.39, 0.29) is 17.8 Å². The van der Waals surface area contributed by atoms with E-state index in [4.69, 9.17) is 0 Å². The third kappa shape index (κ3) is 2.44. The average molecular weight is 313 g/mol. The number of nitrogens with zero attached hydrogens (tertiary/aromatic N) is 2. The first kappa shape index (κ1) is 14.4. The molecule has 1 aliphatic carbocycles. The number of aromatic nitrogens is 2. The van der Waals surface area contributed by atoms with Gasteiger partial charge in [0.25, 0.3) is 0 Å². The van der Waals surface area contributed by atoms with Gasteiger partial charge in [0.1, 0.15) is 11.6 Å². The van der Waals surface area contributed by atoms with Crippen molar-refractivity contribution in [2.24, 2.45) is 0 Å². The van der Waals surface area contributed by atoms with Crippen molar-refractivity contribution in [2.75, 3.05) is 0 Å². The molecule has 0 spiro atoms. The van der Waals surface area contributed by atoms with Crippen LogP contribution in [0.25, 0.3) is 0 Å². The Bertz CT molecular complexity index is 718. The van der Waals surface area contributed by atoms with Gasteiger partial charge in [-0.3, -0.25) is 4.79 Å². The van der Waals surface area contributed by atoms with Gasteiger partial charge in [-0.1, -0.05) is 18.6 Å². The van der Waals surface area contributed by atoms with Crippen molar-refractivity contribution in [2.45, 2.75) is 50.1 Å². The smallest absolute Gasteiger partial charge is 0.230 e. The molecule has 1 aromatic carbocycles. The van der Waals surface area contributed by atoms with Crippen LogP contribution >= 0.6 is 0 Å². The molecule has 0 saturated heterocycles. The van der Waals surface area contributed by atoms with Crippen LogP contribution in [0.15, 0.2) is 36.7 Å². The van der Waals surface area contributed by atoms with Gasteiger partial charge in [-0.15, -0.1) is 0 Å². The number of amides is 1. The van der Waals surface area contributed by atoms with Crippen molar-refractivity contribution in [1.29, 1.82) is 0 Å². The molecule has 5 heteroatoms. The van der Waals surface area contributed by atoms with Gasteiger partial charge >= 0.3 is 0 Å². The number of halogens is 1. The molecular weight excluding hydrogens is 293 g/mol. The second-order valence-electron chi connectivity index (χ2n) is 6.65. The fourth-order valence-corrected chi connectivity index (χ4v) is 3.75. The zero-order valence-electron chi connectivity index (χ0n) is 13.0. The predicted molar refractivity (Wildman–Crippen MR) is 84.4 cm³/mol. The van der Waals surface area contributed by atoms with Gasteiger partial charge in [-0.2, -0.15) is 0 Å². The summed E-state index contributed by atoms with van der Waals surface area (Å²) in [6.07, 6.45) is 8.31. The maximum Gasteiger partial charge on any atom is 0.230 e.